The fourth-order valence-corrected chi connectivity index (χ4v) is 15.3. The predicted molar refractivity (Wildman–Crippen MR) is 248 cm³/mol. The first-order valence-electron chi connectivity index (χ1n) is 22.6. The quantitative estimate of drug-likeness (QED) is 0.175. The second-order valence-corrected chi connectivity index (χ2v) is 22.3. The summed E-state index contributed by atoms with van der Waals surface area (Å²) in [4.78, 5) is 5.57. The number of hydrogen-bond acceptors (Lipinski definition) is 2. The van der Waals surface area contributed by atoms with Crippen molar-refractivity contribution in [2.24, 2.45) is 23.7 Å². The molecule has 0 radical (unpaired) electrons. The molecule has 0 aromatic heterocycles. The molecule has 296 valence electrons. The molecule has 59 heavy (non-hydrogen) atoms. The number of rotatable bonds is 4. The molecule has 4 saturated carbocycles. The summed E-state index contributed by atoms with van der Waals surface area (Å²) in [5, 5.41) is 0. The molecule has 1 spiro atoms. The molecule has 1 aliphatic heterocycles. The summed E-state index contributed by atoms with van der Waals surface area (Å²) >= 11 is 2.02. The Morgan fingerprint density at radius 1 is 0.458 bits per heavy atom. The van der Waals surface area contributed by atoms with Crippen molar-refractivity contribution < 1.29 is 0 Å². The summed E-state index contributed by atoms with van der Waals surface area (Å²) in [7, 11) is 0. The van der Waals surface area contributed by atoms with E-state index in [0.29, 0.717) is 11.8 Å². The molecule has 1 nitrogen and oxygen atoms in total. The standard InChI is InChI=1S/C57H57NS/c1-54(2)25-26-55(3,4)53-43(16-12-19-48(53)54)37-13-11-14-40(32-37)58(41-21-23-45-44-15-7-8-17-46(44)56(5,6)49(45)33-41)42-22-24-52-50(34-42)57(47-18-9-10-20-51(47)59-52)38-28-35-27-36(30-38)31-39(57)29-35/h7-24,32-36,38-39H,25-31H2,1-6H3. The van der Waals surface area contributed by atoms with Gasteiger partial charge in [0.2, 0.25) is 0 Å². The monoisotopic (exact) mass is 787 g/mol. The van der Waals surface area contributed by atoms with Crippen molar-refractivity contribution in [1.82, 2.24) is 0 Å². The first-order valence-corrected chi connectivity index (χ1v) is 23.5. The van der Waals surface area contributed by atoms with Crippen LogP contribution in [-0.2, 0) is 21.7 Å². The fraction of sp³-hybridized carbons (Fsp3) is 0.368. The first kappa shape index (κ1) is 36.3. The van der Waals surface area contributed by atoms with Crippen LogP contribution in [0.3, 0.4) is 0 Å². The van der Waals surface area contributed by atoms with Crippen molar-refractivity contribution in [2.75, 3.05) is 4.90 Å². The van der Waals surface area contributed by atoms with Crippen LogP contribution < -0.4 is 4.90 Å². The van der Waals surface area contributed by atoms with Gasteiger partial charge in [0, 0.05) is 37.7 Å². The van der Waals surface area contributed by atoms with Gasteiger partial charge in [0.05, 0.1) is 0 Å². The van der Waals surface area contributed by atoms with E-state index < -0.39 is 0 Å². The molecule has 0 N–H and O–H groups in total. The fourth-order valence-electron chi connectivity index (χ4n) is 14.1. The molecule has 0 unspecified atom stereocenters. The van der Waals surface area contributed by atoms with Gasteiger partial charge in [-0.15, -0.1) is 0 Å². The van der Waals surface area contributed by atoms with E-state index in [1.807, 2.05) is 11.8 Å². The van der Waals surface area contributed by atoms with Gasteiger partial charge in [-0.3, -0.25) is 0 Å². The molecule has 0 amide bonds. The summed E-state index contributed by atoms with van der Waals surface area (Å²) in [6.07, 6.45) is 9.42. The lowest BCUT2D eigenvalue weighted by Gasteiger charge is -2.63. The second-order valence-electron chi connectivity index (χ2n) is 21.2. The molecule has 6 aliphatic carbocycles. The molecular weight excluding hydrogens is 731 g/mol. The van der Waals surface area contributed by atoms with Gasteiger partial charge in [-0.05, 0) is 184 Å². The van der Waals surface area contributed by atoms with Crippen LogP contribution in [0.25, 0.3) is 22.3 Å². The van der Waals surface area contributed by atoms with Crippen LogP contribution in [0, 0.1) is 23.7 Å². The van der Waals surface area contributed by atoms with Crippen molar-refractivity contribution in [2.45, 2.75) is 118 Å². The molecule has 2 heteroatoms. The first-order chi connectivity index (χ1) is 28.4. The van der Waals surface area contributed by atoms with Crippen LogP contribution in [0.2, 0.25) is 0 Å². The smallest absolute Gasteiger partial charge is 0.0467 e. The Bertz CT molecular complexity index is 2680. The van der Waals surface area contributed by atoms with Crippen LogP contribution in [0.1, 0.15) is 120 Å². The van der Waals surface area contributed by atoms with E-state index in [1.54, 1.807) is 11.1 Å². The van der Waals surface area contributed by atoms with Crippen molar-refractivity contribution in [3.63, 3.8) is 0 Å². The van der Waals surface area contributed by atoms with E-state index in [9.17, 15) is 0 Å². The Balaban J connectivity index is 1.07. The van der Waals surface area contributed by atoms with E-state index in [2.05, 4.69) is 174 Å². The van der Waals surface area contributed by atoms with E-state index >= 15 is 0 Å². The molecule has 0 saturated heterocycles. The third kappa shape index (κ3) is 5.11. The van der Waals surface area contributed by atoms with E-state index in [1.165, 1.54) is 116 Å². The van der Waals surface area contributed by atoms with E-state index in [0.717, 1.165) is 11.8 Å². The lowest BCUT2D eigenvalue weighted by atomic mass is 9.42. The van der Waals surface area contributed by atoms with Crippen LogP contribution in [-0.4, -0.2) is 0 Å². The highest BCUT2D eigenvalue weighted by atomic mass is 32.2. The molecule has 6 aromatic carbocycles. The second kappa shape index (κ2) is 12.5. The summed E-state index contributed by atoms with van der Waals surface area (Å²) in [6, 6.07) is 50.2. The summed E-state index contributed by atoms with van der Waals surface area (Å²) in [5.41, 5.74) is 18.6. The Morgan fingerprint density at radius 3 is 1.81 bits per heavy atom. The molecule has 0 atom stereocenters. The molecule has 7 aliphatic rings. The van der Waals surface area contributed by atoms with E-state index in [4.69, 9.17) is 0 Å². The Labute approximate surface area is 356 Å². The maximum absolute atomic E-state index is 2.68. The zero-order chi connectivity index (χ0) is 40.1. The van der Waals surface area contributed by atoms with Crippen LogP contribution >= 0.6 is 11.8 Å². The molecule has 6 aromatic rings. The Hall–Kier alpha value is -4.53. The molecule has 4 bridgehead atoms. The highest BCUT2D eigenvalue weighted by Crippen LogP contribution is 2.69. The minimum Gasteiger partial charge on any atom is -0.310 e. The maximum Gasteiger partial charge on any atom is 0.0467 e. The van der Waals surface area contributed by atoms with Gasteiger partial charge < -0.3 is 4.90 Å². The number of nitrogens with zero attached hydrogens (tertiary/aromatic N) is 1. The van der Waals surface area contributed by atoms with Gasteiger partial charge in [-0.1, -0.05) is 132 Å². The average Bonchev–Trinajstić information content (AvgIpc) is 3.46. The molecule has 4 fully saturated rings. The SMILES string of the molecule is CC1(C)CCC(C)(C)c2c(-c3cccc(N(c4ccc5c(c4)C(C)(C)c4ccccc4-5)c4ccc5c(c4)C4(c6ccccc6S5)C5CC6CC(C5)CC4C6)c3)cccc21. The largest absolute Gasteiger partial charge is 0.310 e. The zero-order valence-electron chi connectivity index (χ0n) is 35.7. The van der Waals surface area contributed by atoms with Crippen molar-refractivity contribution in [1.29, 1.82) is 0 Å². The highest BCUT2D eigenvalue weighted by molar-refractivity contribution is 7.99. The van der Waals surface area contributed by atoms with Crippen LogP contribution in [0.4, 0.5) is 17.1 Å². The lowest BCUT2D eigenvalue weighted by Crippen LogP contribution is -2.57. The van der Waals surface area contributed by atoms with Gasteiger partial charge >= 0.3 is 0 Å². The molecule has 1 heterocycles. The van der Waals surface area contributed by atoms with Crippen molar-refractivity contribution in [3.05, 3.63) is 161 Å². The molecule has 13 rings (SSSR count). The number of anilines is 3. The van der Waals surface area contributed by atoms with Gasteiger partial charge in [-0.2, -0.15) is 0 Å². The van der Waals surface area contributed by atoms with Gasteiger partial charge in [0.25, 0.3) is 0 Å². The Kier molecular flexibility index (Phi) is 7.70. The van der Waals surface area contributed by atoms with Gasteiger partial charge in [0.1, 0.15) is 0 Å². The van der Waals surface area contributed by atoms with Crippen LogP contribution in [0.5, 0.6) is 0 Å². The van der Waals surface area contributed by atoms with Gasteiger partial charge in [-0.25, -0.2) is 0 Å². The number of fused-ring (bicyclic) bond motifs is 6. The maximum atomic E-state index is 2.68. The third-order valence-electron chi connectivity index (χ3n) is 16.7. The van der Waals surface area contributed by atoms with E-state index in [-0.39, 0.29) is 21.7 Å². The zero-order valence-corrected chi connectivity index (χ0v) is 36.6. The van der Waals surface area contributed by atoms with Crippen molar-refractivity contribution >= 4 is 28.8 Å². The Morgan fingerprint density at radius 2 is 1.03 bits per heavy atom. The third-order valence-corrected chi connectivity index (χ3v) is 17.9. The van der Waals surface area contributed by atoms with Crippen molar-refractivity contribution in [3.8, 4) is 22.3 Å². The topological polar surface area (TPSA) is 3.24 Å². The highest BCUT2D eigenvalue weighted by Gasteiger charge is 2.60. The predicted octanol–water partition coefficient (Wildman–Crippen LogP) is 15.7. The minimum atomic E-state index is -0.0857. The van der Waals surface area contributed by atoms with Gasteiger partial charge in [0.15, 0.2) is 0 Å². The normalized spacial score (nSPS) is 26.7. The number of benzene rings is 6. The summed E-state index contributed by atoms with van der Waals surface area (Å²) in [5.74, 6) is 3.24. The summed E-state index contributed by atoms with van der Waals surface area (Å²) in [6.45, 7) is 14.7. The number of hydrogen-bond donors (Lipinski definition) is 0. The molecular formula is C57H57NS. The lowest BCUT2D eigenvalue weighted by molar-refractivity contribution is -0.0443. The average molecular weight is 788 g/mol. The van der Waals surface area contributed by atoms with Crippen LogP contribution in [0.15, 0.2) is 137 Å². The minimum absolute atomic E-state index is 0.0805. The summed E-state index contributed by atoms with van der Waals surface area (Å²) < 4.78 is 0.